The molecule has 0 aliphatic heterocycles. The molecule has 6 heteroatoms. The number of hydrogen-bond donors (Lipinski definition) is 1. The molecule has 2 aromatic rings. The van der Waals surface area contributed by atoms with E-state index < -0.39 is 0 Å². The highest BCUT2D eigenvalue weighted by Gasteiger charge is 2.13. The Labute approximate surface area is 118 Å². The van der Waals surface area contributed by atoms with E-state index >= 15 is 0 Å². The Morgan fingerprint density at radius 3 is 2.65 bits per heavy atom. The van der Waals surface area contributed by atoms with E-state index in [0.717, 1.165) is 29.3 Å². The lowest BCUT2D eigenvalue weighted by Gasteiger charge is -2.09. The Hall–Kier alpha value is -2.11. The topological polar surface area (TPSA) is 73.0 Å². The molecule has 0 atom stereocenters. The highest BCUT2D eigenvalue weighted by Crippen LogP contribution is 2.12. The van der Waals surface area contributed by atoms with Crippen LogP contribution < -0.4 is 5.32 Å². The van der Waals surface area contributed by atoms with Crippen molar-refractivity contribution in [3.05, 3.63) is 34.7 Å². The number of carbonyl (C=O) groups is 1. The third-order valence-corrected chi connectivity index (χ3v) is 3.43. The van der Waals surface area contributed by atoms with E-state index in [9.17, 15) is 4.79 Å². The monoisotopic (exact) mass is 276 g/mol. The van der Waals surface area contributed by atoms with Crippen molar-refractivity contribution in [2.75, 3.05) is 6.54 Å². The Balaban J connectivity index is 1.84. The van der Waals surface area contributed by atoms with Crippen LogP contribution in [0.15, 0.2) is 10.7 Å². The van der Waals surface area contributed by atoms with Gasteiger partial charge < -0.3 is 14.4 Å². The summed E-state index contributed by atoms with van der Waals surface area (Å²) < 4.78 is 7.13. The number of aryl methyl sites for hydroxylation is 4. The van der Waals surface area contributed by atoms with Crippen LogP contribution in [0.2, 0.25) is 0 Å². The van der Waals surface area contributed by atoms with E-state index in [2.05, 4.69) is 20.0 Å². The molecule has 0 aromatic carbocycles. The Kier molecular flexibility index (Phi) is 4.22. The second kappa shape index (κ2) is 5.90. The highest BCUT2D eigenvalue weighted by molar-refractivity contribution is 5.78. The molecule has 6 nitrogen and oxygen atoms in total. The first kappa shape index (κ1) is 14.3. The van der Waals surface area contributed by atoms with Crippen LogP contribution in [0, 0.1) is 27.7 Å². The van der Waals surface area contributed by atoms with Gasteiger partial charge in [0.15, 0.2) is 0 Å². The minimum absolute atomic E-state index is 0.0187. The van der Waals surface area contributed by atoms with Crippen LogP contribution in [-0.4, -0.2) is 27.2 Å². The SMILES string of the molecule is Cc1noc(C)c1CC(=O)NCCn1c(C)cnc1C. The van der Waals surface area contributed by atoms with Gasteiger partial charge in [-0.1, -0.05) is 5.16 Å². The summed E-state index contributed by atoms with van der Waals surface area (Å²) in [7, 11) is 0. The number of rotatable bonds is 5. The summed E-state index contributed by atoms with van der Waals surface area (Å²) in [6, 6.07) is 0. The third-order valence-electron chi connectivity index (χ3n) is 3.43. The standard InChI is InChI=1S/C14H20N4O2/c1-9-8-16-12(4)18(9)6-5-15-14(19)7-13-10(2)17-20-11(13)3/h8H,5-7H2,1-4H3,(H,15,19). The molecule has 0 saturated carbocycles. The first-order valence-corrected chi connectivity index (χ1v) is 6.66. The first-order chi connectivity index (χ1) is 9.49. The second-order valence-electron chi connectivity index (χ2n) is 4.93. The zero-order valence-electron chi connectivity index (χ0n) is 12.4. The molecule has 0 bridgehead atoms. The molecule has 0 radical (unpaired) electrons. The van der Waals surface area contributed by atoms with Crippen molar-refractivity contribution >= 4 is 5.91 Å². The maximum Gasteiger partial charge on any atom is 0.224 e. The summed E-state index contributed by atoms with van der Waals surface area (Å²) >= 11 is 0. The molecule has 1 N–H and O–H groups in total. The fraction of sp³-hybridized carbons (Fsp3) is 0.500. The van der Waals surface area contributed by atoms with Gasteiger partial charge in [-0.3, -0.25) is 4.79 Å². The van der Waals surface area contributed by atoms with E-state index in [1.807, 2.05) is 33.9 Å². The average Bonchev–Trinajstić information content (AvgIpc) is 2.88. The van der Waals surface area contributed by atoms with Crippen LogP contribution in [0.4, 0.5) is 0 Å². The molecule has 2 rings (SSSR count). The molecule has 0 aliphatic carbocycles. The van der Waals surface area contributed by atoms with Gasteiger partial charge in [-0.05, 0) is 27.7 Å². The van der Waals surface area contributed by atoms with Crippen molar-refractivity contribution in [3.8, 4) is 0 Å². The molecule has 0 fully saturated rings. The van der Waals surface area contributed by atoms with Crippen LogP contribution in [-0.2, 0) is 17.8 Å². The summed E-state index contributed by atoms with van der Waals surface area (Å²) in [6.07, 6.45) is 2.14. The van der Waals surface area contributed by atoms with Gasteiger partial charge in [0, 0.05) is 30.5 Å². The fourth-order valence-electron chi connectivity index (χ4n) is 2.20. The van der Waals surface area contributed by atoms with Crippen molar-refractivity contribution < 1.29 is 9.32 Å². The Bertz CT molecular complexity index is 574. The predicted molar refractivity (Wildman–Crippen MR) is 74.4 cm³/mol. The van der Waals surface area contributed by atoms with Gasteiger partial charge in [-0.15, -0.1) is 0 Å². The maximum atomic E-state index is 11.9. The van der Waals surface area contributed by atoms with Gasteiger partial charge in [0.25, 0.3) is 0 Å². The van der Waals surface area contributed by atoms with Crippen LogP contribution in [0.25, 0.3) is 0 Å². The molecular formula is C14H20N4O2. The van der Waals surface area contributed by atoms with Crippen molar-refractivity contribution in [3.63, 3.8) is 0 Å². The lowest BCUT2D eigenvalue weighted by atomic mass is 10.1. The molecule has 0 saturated heterocycles. The molecule has 2 aromatic heterocycles. The van der Waals surface area contributed by atoms with Gasteiger partial charge in [-0.2, -0.15) is 0 Å². The summed E-state index contributed by atoms with van der Waals surface area (Å²) in [5.41, 5.74) is 2.75. The Morgan fingerprint density at radius 2 is 2.10 bits per heavy atom. The molecule has 0 unspecified atom stereocenters. The molecule has 0 aliphatic rings. The smallest absolute Gasteiger partial charge is 0.224 e. The van der Waals surface area contributed by atoms with Crippen molar-refractivity contribution in [1.82, 2.24) is 20.0 Å². The van der Waals surface area contributed by atoms with E-state index in [0.29, 0.717) is 18.7 Å². The van der Waals surface area contributed by atoms with Crippen LogP contribution in [0.5, 0.6) is 0 Å². The quantitative estimate of drug-likeness (QED) is 0.897. The maximum absolute atomic E-state index is 11.9. The summed E-state index contributed by atoms with van der Waals surface area (Å²) in [6.45, 7) is 8.94. The van der Waals surface area contributed by atoms with Gasteiger partial charge in [-0.25, -0.2) is 4.98 Å². The Morgan fingerprint density at radius 1 is 1.35 bits per heavy atom. The largest absolute Gasteiger partial charge is 0.361 e. The molecule has 20 heavy (non-hydrogen) atoms. The van der Waals surface area contributed by atoms with Crippen LogP contribution in [0.3, 0.4) is 0 Å². The first-order valence-electron chi connectivity index (χ1n) is 6.66. The number of nitrogens with one attached hydrogen (secondary N) is 1. The van der Waals surface area contributed by atoms with Crippen LogP contribution >= 0.6 is 0 Å². The van der Waals surface area contributed by atoms with Gasteiger partial charge in [0.1, 0.15) is 11.6 Å². The minimum Gasteiger partial charge on any atom is -0.361 e. The number of carbonyl (C=O) groups excluding carboxylic acids is 1. The highest BCUT2D eigenvalue weighted by atomic mass is 16.5. The molecule has 108 valence electrons. The zero-order chi connectivity index (χ0) is 14.7. The van der Waals surface area contributed by atoms with Gasteiger partial charge >= 0.3 is 0 Å². The molecular weight excluding hydrogens is 256 g/mol. The van der Waals surface area contributed by atoms with E-state index in [1.165, 1.54) is 0 Å². The van der Waals surface area contributed by atoms with Crippen molar-refractivity contribution in [1.29, 1.82) is 0 Å². The summed E-state index contributed by atoms with van der Waals surface area (Å²) in [5, 5.41) is 6.76. The summed E-state index contributed by atoms with van der Waals surface area (Å²) in [5.74, 6) is 1.65. The average molecular weight is 276 g/mol. The lowest BCUT2D eigenvalue weighted by molar-refractivity contribution is -0.120. The number of imidazole rings is 1. The lowest BCUT2D eigenvalue weighted by Crippen LogP contribution is -2.29. The molecule has 0 spiro atoms. The number of amides is 1. The van der Waals surface area contributed by atoms with E-state index in [1.54, 1.807) is 0 Å². The summed E-state index contributed by atoms with van der Waals surface area (Å²) in [4.78, 5) is 16.1. The molecule has 1 amide bonds. The second-order valence-corrected chi connectivity index (χ2v) is 4.93. The molecule has 2 heterocycles. The predicted octanol–water partition coefficient (Wildman–Crippen LogP) is 1.46. The zero-order valence-corrected chi connectivity index (χ0v) is 12.4. The van der Waals surface area contributed by atoms with E-state index in [4.69, 9.17) is 4.52 Å². The number of nitrogens with zero attached hydrogens (tertiary/aromatic N) is 3. The normalized spacial score (nSPS) is 10.8. The number of aromatic nitrogens is 3. The third kappa shape index (κ3) is 3.07. The number of hydrogen-bond acceptors (Lipinski definition) is 4. The fourth-order valence-corrected chi connectivity index (χ4v) is 2.20. The minimum atomic E-state index is -0.0187. The van der Waals surface area contributed by atoms with Crippen LogP contribution in [0.1, 0.15) is 28.5 Å². The van der Waals surface area contributed by atoms with Gasteiger partial charge in [0.2, 0.25) is 5.91 Å². The van der Waals surface area contributed by atoms with Crippen molar-refractivity contribution in [2.45, 2.75) is 40.7 Å². The van der Waals surface area contributed by atoms with Crippen molar-refractivity contribution in [2.24, 2.45) is 0 Å². The van der Waals surface area contributed by atoms with Gasteiger partial charge in [0.05, 0.1) is 12.1 Å². The van der Waals surface area contributed by atoms with E-state index in [-0.39, 0.29) is 5.91 Å².